The number of hydrogen-bond acceptors (Lipinski definition) is 3. The molecule has 0 fully saturated rings. The fourth-order valence-electron chi connectivity index (χ4n) is 1.76. The van der Waals surface area contributed by atoms with Crippen LogP contribution < -0.4 is 0 Å². The van der Waals surface area contributed by atoms with Crippen molar-refractivity contribution in [2.75, 3.05) is 0 Å². The lowest BCUT2D eigenvalue weighted by molar-refractivity contribution is 1.12. The van der Waals surface area contributed by atoms with Crippen LogP contribution in [0.15, 0.2) is 88.7 Å². The first kappa shape index (κ1) is 15.3. The van der Waals surface area contributed by atoms with E-state index >= 15 is 0 Å². The molecule has 0 aliphatic rings. The minimum atomic E-state index is 0.684. The Morgan fingerprint density at radius 3 is 2.14 bits per heavy atom. The fraction of sp³-hybridized carbons (Fsp3) is 0.111. The van der Waals surface area contributed by atoms with E-state index in [9.17, 15) is 0 Å². The maximum absolute atomic E-state index is 4.00. The summed E-state index contributed by atoms with van der Waals surface area (Å²) in [5, 5.41) is 8.60. The van der Waals surface area contributed by atoms with Crippen LogP contribution in [0.1, 0.15) is 12.5 Å². The summed E-state index contributed by atoms with van der Waals surface area (Å²) in [4.78, 5) is 0. The predicted molar refractivity (Wildman–Crippen MR) is 92.0 cm³/mol. The zero-order valence-electron chi connectivity index (χ0n) is 12.1. The number of azo groups is 1. The smallest absolute Gasteiger partial charge is 0.112 e. The van der Waals surface area contributed by atoms with Crippen molar-refractivity contribution in [3.63, 3.8) is 0 Å². The van der Waals surface area contributed by atoms with E-state index in [0.29, 0.717) is 10.7 Å². The summed E-state index contributed by atoms with van der Waals surface area (Å²) < 4.78 is 0. The fourth-order valence-corrected chi connectivity index (χ4v) is 2.38. The highest BCUT2D eigenvalue weighted by atomic mass is 32.2. The van der Waals surface area contributed by atoms with Crippen molar-refractivity contribution in [1.29, 1.82) is 0 Å². The van der Waals surface area contributed by atoms with E-state index in [1.54, 1.807) is 11.8 Å². The normalized spacial score (nSPS) is 10.7. The Morgan fingerprint density at radius 1 is 0.905 bits per heavy atom. The van der Waals surface area contributed by atoms with Crippen molar-refractivity contribution in [3.05, 3.63) is 84.0 Å². The van der Waals surface area contributed by atoms with Crippen molar-refractivity contribution in [2.24, 2.45) is 10.2 Å². The van der Waals surface area contributed by atoms with Gasteiger partial charge in [-0.2, -0.15) is 5.11 Å². The van der Waals surface area contributed by atoms with E-state index in [1.165, 1.54) is 16.7 Å². The van der Waals surface area contributed by atoms with Gasteiger partial charge in [0.25, 0.3) is 0 Å². The molecule has 0 amide bonds. The van der Waals surface area contributed by atoms with Crippen LogP contribution in [0.25, 0.3) is 11.1 Å². The van der Waals surface area contributed by atoms with Gasteiger partial charge in [-0.3, -0.25) is 0 Å². The van der Waals surface area contributed by atoms with E-state index < -0.39 is 0 Å². The molecule has 2 aromatic rings. The predicted octanol–water partition coefficient (Wildman–Crippen LogP) is 6.04. The van der Waals surface area contributed by atoms with Gasteiger partial charge in [-0.1, -0.05) is 67.8 Å². The first-order valence-electron chi connectivity index (χ1n) is 6.68. The van der Waals surface area contributed by atoms with Gasteiger partial charge in [-0.15, -0.1) is 16.9 Å². The molecule has 0 aliphatic carbocycles. The van der Waals surface area contributed by atoms with Gasteiger partial charge in [-0.25, -0.2) is 0 Å². The van der Waals surface area contributed by atoms with Crippen LogP contribution in [0.3, 0.4) is 0 Å². The third-order valence-corrected chi connectivity index (χ3v) is 3.69. The molecule has 0 unspecified atom stereocenters. The van der Waals surface area contributed by atoms with Gasteiger partial charge in [0, 0.05) is 5.75 Å². The molecule has 2 nitrogen and oxygen atoms in total. The summed E-state index contributed by atoms with van der Waals surface area (Å²) in [5.41, 5.74) is 4.39. The summed E-state index contributed by atoms with van der Waals surface area (Å²) in [6.45, 7) is 9.35. The van der Waals surface area contributed by atoms with Crippen LogP contribution in [0, 0.1) is 0 Å². The quantitative estimate of drug-likeness (QED) is 0.596. The number of rotatable bonds is 6. The molecule has 0 bridgehead atoms. The van der Waals surface area contributed by atoms with Crippen molar-refractivity contribution < 1.29 is 0 Å². The highest BCUT2D eigenvalue weighted by molar-refractivity contribution is 8.02. The average Bonchev–Trinajstić information content (AvgIpc) is 2.52. The average molecular weight is 294 g/mol. The molecular weight excluding hydrogens is 276 g/mol. The van der Waals surface area contributed by atoms with Gasteiger partial charge >= 0.3 is 0 Å². The third-order valence-electron chi connectivity index (χ3n) is 2.80. The monoisotopic (exact) mass is 294 g/mol. The van der Waals surface area contributed by atoms with E-state index in [4.69, 9.17) is 0 Å². The summed E-state index contributed by atoms with van der Waals surface area (Å²) in [6, 6.07) is 18.9. The maximum Gasteiger partial charge on any atom is 0.112 e. The number of nitrogens with zero attached hydrogens (tertiary/aromatic N) is 2. The lowest BCUT2D eigenvalue weighted by Gasteiger charge is -2.04. The van der Waals surface area contributed by atoms with Crippen LogP contribution in [0.4, 0.5) is 0 Å². The third kappa shape index (κ3) is 5.04. The Kier molecular flexibility index (Phi) is 5.52. The Balaban J connectivity index is 1.94. The van der Waals surface area contributed by atoms with E-state index in [1.807, 2.05) is 13.0 Å². The number of allylic oxidation sites excluding steroid dienone is 1. The topological polar surface area (TPSA) is 24.7 Å². The molecule has 0 heterocycles. The molecule has 0 radical (unpaired) electrons. The molecule has 106 valence electrons. The van der Waals surface area contributed by atoms with Crippen LogP contribution in [-0.2, 0) is 5.75 Å². The number of hydrogen-bond donors (Lipinski definition) is 0. The SMILES string of the molecule is C=C(C)N=NC(=C)SCc1ccc(-c2ccccc2)cc1. The van der Waals surface area contributed by atoms with E-state index in [0.717, 1.165) is 5.75 Å². The van der Waals surface area contributed by atoms with Crippen LogP contribution in [-0.4, -0.2) is 0 Å². The zero-order chi connectivity index (χ0) is 15.1. The molecule has 0 atom stereocenters. The minimum Gasteiger partial charge on any atom is -0.155 e. The lowest BCUT2D eigenvalue weighted by Crippen LogP contribution is -1.82. The second kappa shape index (κ2) is 7.60. The van der Waals surface area contributed by atoms with Crippen molar-refractivity contribution in [2.45, 2.75) is 12.7 Å². The number of thioether (sulfide) groups is 1. The van der Waals surface area contributed by atoms with E-state index in [2.05, 4.69) is 71.9 Å². The Hall–Kier alpha value is -2.13. The van der Waals surface area contributed by atoms with Gasteiger partial charge in [0.1, 0.15) is 5.03 Å². The van der Waals surface area contributed by atoms with Crippen molar-refractivity contribution in [3.8, 4) is 11.1 Å². The van der Waals surface area contributed by atoms with Gasteiger partial charge in [0.15, 0.2) is 0 Å². The molecule has 0 saturated carbocycles. The second-order valence-corrected chi connectivity index (χ2v) is 5.73. The second-order valence-electron chi connectivity index (χ2n) is 4.68. The van der Waals surface area contributed by atoms with Gasteiger partial charge in [0.05, 0.1) is 5.70 Å². The highest BCUT2D eigenvalue weighted by Gasteiger charge is 1.99. The Morgan fingerprint density at radius 2 is 1.52 bits per heavy atom. The number of benzene rings is 2. The molecule has 3 heteroatoms. The van der Waals surface area contributed by atoms with Gasteiger partial charge < -0.3 is 0 Å². The molecule has 21 heavy (non-hydrogen) atoms. The van der Waals surface area contributed by atoms with Gasteiger partial charge in [-0.05, 0) is 23.6 Å². The molecule has 0 saturated heterocycles. The first-order chi connectivity index (χ1) is 10.1. The summed E-state index contributed by atoms with van der Waals surface area (Å²) in [5.74, 6) is 0.836. The summed E-state index contributed by atoms with van der Waals surface area (Å²) in [7, 11) is 0. The van der Waals surface area contributed by atoms with Crippen molar-refractivity contribution in [1.82, 2.24) is 0 Å². The molecule has 2 aromatic carbocycles. The standard InChI is InChI=1S/C18H18N2S/c1-14(2)19-20-15(3)21-13-16-9-11-18(12-10-16)17-7-5-4-6-8-17/h4-12H,1,3,13H2,2H3. The zero-order valence-corrected chi connectivity index (χ0v) is 12.9. The lowest BCUT2D eigenvalue weighted by atomic mass is 10.0. The van der Waals surface area contributed by atoms with Crippen LogP contribution in [0.2, 0.25) is 0 Å². The Labute approximate surface area is 130 Å². The molecule has 0 aliphatic heterocycles. The minimum absolute atomic E-state index is 0.684. The van der Waals surface area contributed by atoms with Gasteiger partial charge in [0.2, 0.25) is 0 Å². The van der Waals surface area contributed by atoms with Crippen molar-refractivity contribution >= 4 is 11.8 Å². The molecule has 2 rings (SSSR count). The first-order valence-corrected chi connectivity index (χ1v) is 7.67. The molecule has 0 spiro atoms. The largest absolute Gasteiger partial charge is 0.155 e. The summed E-state index contributed by atoms with van der Waals surface area (Å²) in [6.07, 6.45) is 0. The summed E-state index contributed by atoms with van der Waals surface area (Å²) >= 11 is 1.58. The highest BCUT2D eigenvalue weighted by Crippen LogP contribution is 2.24. The molecule has 0 N–H and O–H groups in total. The van der Waals surface area contributed by atoms with Crippen LogP contribution in [0.5, 0.6) is 0 Å². The van der Waals surface area contributed by atoms with E-state index in [-0.39, 0.29) is 0 Å². The Bertz CT molecular complexity index is 643. The molecule has 0 aromatic heterocycles. The molecular formula is C18H18N2S. The van der Waals surface area contributed by atoms with Crippen LogP contribution >= 0.6 is 11.8 Å². The maximum atomic E-state index is 4.00.